The highest BCUT2D eigenvalue weighted by molar-refractivity contribution is 5.97. The van der Waals surface area contributed by atoms with Crippen molar-refractivity contribution in [1.82, 2.24) is 14.4 Å². The molecule has 2 aromatic heterocycles. The molecule has 6 rings (SSSR count). The Balaban J connectivity index is 1.25. The van der Waals surface area contributed by atoms with E-state index in [-0.39, 0.29) is 11.9 Å². The molecule has 5 heteroatoms. The second-order valence-electron chi connectivity index (χ2n) is 10.3. The zero-order valence-corrected chi connectivity index (χ0v) is 22.0. The highest BCUT2D eigenvalue weighted by atomic mass is 16.3. The molecule has 0 saturated carbocycles. The van der Waals surface area contributed by atoms with Crippen molar-refractivity contribution < 1.29 is 9.21 Å². The van der Waals surface area contributed by atoms with Crippen LogP contribution in [-0.2, 0) is 6.54 Å². The summed E-state index contributed by atoms with van der Waals surface area (Å²) in [6.07, 6.45) is 0. The number of carbonyl (C=O) groups excluding carboxylic acids is 1. The van der Waals surface area contributed by atoms with E-state index in [0.29, 0.717) is 25.3 Å². The Labute approximate surface area is 223 Å². The van der Waals surface area contributed by atoms with Crippen LogP contribution in [0.5, 0.6) is 0 Å². The van der Waals surface area contributed by atoms with E-state index in [4.69, 9.17) is 4.42 Å². The van der Waals surface area contributed by atoms with Gasteiger partial charge in [0, 0.05) is 44.9 Å². The number of aryl methyl sites for hydroxylation is 2. The van der Waals surface area contributed by atoms with Gasteiger partial charge in [0.2, 0.25) is 0 Å². The summed E-state index contributed by atoms with van der Waals surface area (Å²) in [5, 5.41) is 0. The lowest BCUT2D eigenvalue weighted by atomic mass is 9.96. The third-order valence-corrected chi connectivity index (χ3v) is 7.55. The van der Waals surface area contributed by atoms with Crippen molar-refractivity contribution >= 4 is 17.0 Å². The first-order valence-corrected chi connectivity index (χ1v) is 13.4. The summed E-state index contributed by atoms with van der Waals surface area (Å²) in [6.45, 7) is 7.68. The van der Waals surface area contributed by atoms with Gasteiger partial charge in [-0.1, -0.05) is 90.5 Å². The van der Waals surface area contributed by atoms with Crippen LogP contribution < -0.4 is 0 Å². The number of aromatic nitrogens is 1. The molecular formula is C33H33N3O2. The van der Waals surface area contributed by atoms with Gasteiger partial charge in [-0.15, -0.1) is 0 Å². The van der Waals surface area contributed by atoms with Gasteiger partial charge in [-0.3, -0.25) is 9.69 Å². The molecule has 1 aliphatic rings. The average Bonchev–Trinajstić information content (AvgIpc) is 3.46. The topological polar surface area (TPSA) is 41.6 Å². The molecule has 0 bridgehead atoms. The minimum absolute atomic E-state index is 0.0670. The van der Waals surface area contributed by atoms with Crippen LogP contribution in [-0.4, -0.2) is 46.5 Å². The van der Waals surface area contributed by atoms with Crippen LogP contribution in [0.2, 0.25) is 0 Å². The summed E-state index contributed by atoms with van der Waals surface area (Å²) in [4.78, 5) is 18.4. The molecule has 5 aromatic rings. The van der Waals surface area contributed by atoms with Crippen molar-refractivity contribution in [3.8, 4) is 0 Å². The minimum Gasteiger partial charge on any atom is -0.460 e. The number of rotatable bonds is 6. The summed E-state index contributed by atoms with van der Waals surface area (Å²) in [6, 6.07) is 33.9. The normalized spacial score (nSPS) is 14.4. The van der Waals surface area contributed by atoms with Crippen LogP contribution in [0, 0.1) is 13.8 Å². The first-order chi connectivity index (χ1) is 18.6. The van der Waals surface area contributed by atoms with Gasteiger partial charge in [-0.05, 0) is 30.5 Å². The van der Waals surface area contributed by atoms with E-state index >= 15 is 0 Å². The second kappa shape index (κ2) is 10.3. The van der Waals surface area contributed by atoms with Crippen LogP contribution in [0.4, 0.5) is 0 Å². The van der Waals surface area contributed by atoms with Gasteiger partial charge in [-0.25, -0.2) is 0 Å². The highest BCUT2D eigenvalue weighted by Crippen LogP contribution is 2.31. The molecule has 0 radical (unpaired) electrons. The Kier molecular flexibility index (Phi) is 6.61. The fraction of sp³-hybridized carbons (Fsp3) is 0.242. The molecule has 0 N–H and O–H groups in total. The van der Waals surface area contributed by atoms with E-state index in [0.717, 1.165) is 29.9 Å². The number of hydrogen-bond donors (Lipinski definition) is 0. The van der Waals surface area contributed by atoms with E-state index in [1.165, 1.54) is 22.3 Å². The van der Waals surface area contributed by atoms with Gasteiger partial charge in [-0.2, -0.15) is 0 Å². The maximum Gasteiger partial charge on any atom is 0.270 e. The Morgan fingerprint density at radius 3 is 2.08 bits per heavy atom. The molecule has 1 amide bonds. The molecule has 1 saturated heterocycles. The van der Waals surface area contributed by atoms with E-state index in [1.54, 1.807) is 0 Å². The summed E-state index contributed by atoms with van der Waals surface area (Å²) in [5.41, 5.74) is 7.38. The van der Waals surface area contributed by atoms with Crippen molar-refractivity contribution in [2.45, 2.75) is 26.4 Å². The molecule has 3 aromatic carbocycles. The van der Waals surface area contributed by atoms with Gasteiger partial charge in [0.15, 0.2) is 5.58 Å². The third-order valence-electron chi connectivity index (χ3n) is 7.55. The number of carbonyl (C=O) groups is 1. The molecule has 0 unspecified atom stereocenters. The lowest BCUT2D eigenvalue weighted by molar-refractivity contribution is 0.0588. The fourth-order valence-corrected chi connectivity index (χ4v) is 5.74. The zero-order chi connectivity index (χ0) is 26.1. The Morgan fingerprint density at radius 2 is 1.45 bits per heavy atom. The number of nitrogens with zero attached hydrogens (tertiary/aromatic N) is 3. The lowest BCUT2D eigenvalue weighted by Crippen LogP contribution is -2.50. The maximum absolute atomic E-state index is 13.9. The molecule has 1 aliphatic heterocycles. The van der Waals surface area contributed by atoms with Gasteiger partial charge in [0.05, 0.1) is 11.6 Å². The molecule has 0 spiro atoms. The Morgan fingerprint density at radius 1 is 0.789 bits per heavy atom. The van der Waals surface area contributed by atoms with Crippen LogP contribution in [0.3, 0.4) is 0 Å². The van der Waals surface area contributed by atoms with Crippen LogP contribution in [0.15, 0.2) is 101 Å². The zero-order valence-electron chi connectivity index (χ0n) is 22.0. The molecular weight excluding hydrogens is 470 g/mol. The van der Waals surface area contributed by atoms with Crippen LogP contribution in [0.25, 0.3) is 11.1 Å². The summed E-state index contributed by atoms with van der Waals surface area (Å²) in [7, 11) is 0. The quantitative estimate of drug-likeness (QED) is 0.268. The molecule has 3 heterocycles. The number of hydrogen-bond acceptors (Lipinski definition) is 3. The standard InChI is InChI=1S/C33H33N3O2/c1-24-10-9-11-26(20-24)23-36-29-21-25(2)38-31(29)22-30(36)33(37)35-18-16-34(17-19-35)32(27-12-5-3-6-13-27)28-14-7-4-8-15-28/h3-15,20-22,32H,16-19,23H2,1-2H3. The Bertz CT molecular complexity index is 1500. The lowest BCUT2D eigenvalue weighted by Gasteiger charge is -2.39. The first kappa shape index (κ1) is 24.3. The summed E-state index contributed by atoms with van der Waals surface area (Å²) >= 11 is 0. The van der Waals surface area contributed by atoms with Crippen molar-refractivity contribution in [3.05, 3.63) is 131 Å². The van der Waals surface area contributed by atoms with Gasteiger partial charge in [0.1, 0.15) is 11.5 Å². The number of benzene rings is 3. The number of amides is 1. The summed E-state index contributed by atoms with van der Waals surface area (Å²) in [5.74, 6) is 0.922. The van der Waals surface area contributed by atoms with E-state index in [2.05, 4.69) is 101 Å². The smallest absolute Gasteiger partial charge is 0.270 e. The molecule has 5 nitrogen and oxygen atoms in total. The molecule has 0 aliphatic carbocycles. The molecule has 192 valence electrons. The number of fused-ring (bicyclic) bond motifs is 1. The molecule has 0 atom stereocenters. The second-order valence-corrected chi connectivity index (χ2v) is 10.3. The van der Waals surface area contributed by atoms with Crippen molar-refractivity contribution in [3.63, 3.8) is 0 Å². The molecule has 1 fully saturated rings. The van der Waals surface area contributed by atoms with Crippen molar-refractivity contribution in [2.24, 2.45) is 0 Å². The molecule has 38 heavy (non-hydrogen) atoms. The van der Waals surface area contributed by atoms with Crippen molar-refractivity contribution in [2.75, 3.05) is 26.2 Å². The monoisotopic (exact) mass is 503 g/mol. The first-order valence-electron chi connectivity index (χ1n) is 13.4. The van der Waals surface area contributed by atoms with Crippen LogP contribution >= 0.6 is 0 Å². The minimum atomic E-state index is 0.0670. The van der Waals surface area contributed by atoms with Gasteiger partial charge in [0.25, 0.3) is 5.91 Å². The maximum atomic E-state index is 13.9. The van der Waals surface area contributed by atoms with Gasteiger partial charge >= 0.3 is 0 Å². The van der Waals surface area contributed by atoms with Gasteiger partial charge < -0.3 is 13.9 Å². The van der Waals surface area contributed by atoms with E-state index in [9.17, 15) is 4.79 Å². The van der Waals surface area contributed by atoms with Crippen molar-refractivity contribution in [1.29, 1.82) is 0 Å². The largest absolute Gasteiger partial charge is 0.460 e. The fourth-order valence-electron chi connectivity index (χ4n) is 5.74. The SMILES string of the molecule is Cc1cccc(Cn2c(C(=O)N3CCN(C(c4ccccc4)c4ccccc4)CC3)cc3oc(C)cc32)c1. The summed E-state index contributed by atoms with van der Waals surface area (Å²) < 4.78 is 8.05. The average molecular weight is 504 g/mol. The number of piperazine rings is 1. The Hall–Kier alpha value is -4.09. The van der Waals surface area contributed by atoms with E-state index in [1.807, 2.05) is 24.0 Å². The van der Waals surface area contributed by atoms with E-state index < -0.39 is 0 Å². The third kappa shape index (κ3) is 4.77. The predicted octanol–water partition coefficient (Wildman–Crippen LogP) is 6.45. The number of furan rings is 1. The van der Waals surface area contributed by atoms with Crippen LogP contribution in [0.1, 0.15) is 44.5 Å². The highest BCUT2D eigenvalue weighted by Gasteiger charge is 2.30. The predicted molar refractivity (Wildman–Crippen MR) is 151 cm³/mol.